The Kier molecular flexibility index (Phi) is 20.9. The lowest BCUT2D eigenvalue weighted by Crippen LogP contribution is -2.61. The van der Waals surface area contributed by atoms with Gasteiger partial charge in [-0.2, -0.15) is 0 Å². The lowest BCUT2D eigenvalue weighted by Gasteiger charge is -2.31. The van der Waals surface area contributed by atoms with Crippen LogP contribution in [0.25, 0.3) is 0 Å². The van der Waals surface area contributed by atoms with Gasteiger partial charge in [0.1, 0.15) is 0 Å². The van der Waals surface area contributed by atoms with Gasteiger partial charge >= 0.3 is 11.9 Å². The molecule has 0 aliphatic rings. The van der Waals surface area contributed by atoms with Gasteiger partial charge in [-0.3, -0.25) is 0 Å². The zero-order chi connectivity index (χ0) is 28.9. The summed E-state index contributed by atoms with van der Waals surface area (Å²) in [6.07, 6.45) is 22.7. The second-order valence-corrected chi connectivity index (χ2v) is 11.7. The minimum absolute atomic E-state index is 0.256. The summed E-state index contributed by atoms with van der Waals surface area (Å²) in [7, 11) is 0. The highest BCUT2D eigenvalue weighted by atomic mass is 16.4. The highest BCUT2D eigenvalue weighted by Crippen LogP contribution is 2.27. The van der Waals surface area contributed by atoms with Crippen LogP contribution in [0.5, 0.6) is 0 Å². The summed E-state index contributed by atoms with van der Waals surface area (Å²) in [6.45, 7) is 4.40. The summed E-state index contributed by atoms with van der Waals surface area (Å²) in [4.78, 5) is 23.4. The first kappa shape index (κ1) is 36.8. The van der Waals surface area contributed by atoms with Crippen LogP contribution in [0.1, 0.15) is 155 Å². The fraction of sp³-hybridized carbons (Fsp3) is 0.933. The Hall–Kier alpha value is -1.22. The van der Waals surface area contributed by atoms with Crippen LogP contribution in [-0.2, 0) is 9.59 Å². The number of carbonyl (C=O) groups is 2. The number of carboxylic acids is 2. The van der Waals surface area contributed by atoms with Crippen molar-refractivity contribution in [1.82, 2.24) is 0 Å². The van der Waals surface area contributed by atoms with E-state index in [1.54, 1.807) is 0 Å². The van der Waals surface area contributed by atoms with Gasteiger partial charge in [0.15, 0.2) is 11.3 Å². The minimum Gasteiger partial charge on any atom is -0.479 e. The summed E-state index contributed by atoms with van der Waals surface area (Å²) in [5, 5.41) is 19.1. The summed E-state index contributed by atoms with van der Waals surface area (Å²) in [5.74, 6) is -2.80. The van der Waals surface area contributed by atoms with E-state index >= 15 is 0 Å². The topological polar surface area (TPSA) is 179 Å². The van der Waals surface area contributed by atoms with Crippen molar-refractivity contribution in [2.24, 2.45) is 34.8 Å². The van der Waals surface area contributed by atoms with Crippen LogP contribution in [0.4, 0.5) is 0 Å². The number of carboxylic acid groups (broad SMARTS) is 2. The molecule has 0 aliphatic heterocycles. The molecular formula is C30H62N4O4. The molecule has 0 aromatic rings. The van der Waals surface area contributed by atoms with Gasteiger partial charge in [0.2, 0.25) is 0 Å². The van der Waals surface area contributed by atoms with E-state index in [1.165, 1.54) is 64.2 Å². The van der Waals surface area contributed by atoms with Crippen LogP contribution in [0.3, 0.4) is 0 Å². The fourth-order valence-corrected chi connectivity index (χ4v) is 5.42. The molecule has 2 atom stereocenters. The Morgan fingerprint density at radius 3 is 0.895 bits per heavy atom. The van der Waals surface area contributed by atoms with E-state index in [0.29, 0.717) is 12.8 Å². The molecule has 10 N–H and O–H groups in total. The standard InChI is InChI=1S/C30H62N4O4/c1-3-5-7-9-11-13-17-21-25(29(31,32)27(35)36)23-19-15-16-20-24-26(30(33,34)28(37)38)22-18-14-12-10-8-6-4-2/h25-26H,3-24,31-34H2,1-2H3,(H,35,36)(H,37,38). The maximum absolute atomic E-state index is 11.7. The number of nitrogens with two attached hydrogens (primary N) is 4. The first-order valence-corrected chi connectivity index (χ1v) is 15.6. The van der Waals surface area contributed by atoms with E-state index in [9.17, 15) is 19.8 Å². The molecule has 0 bridgehead atoms. The highest BCUT2D eigenvalue weighted by Gasteiger charge is 2.38. The maximum atomic E-state index is 11.7. The van der Waals surface area contributed by atoms with Gasteiger partial charge in [0.25, 0.3) is 0 Å². The molecule has 0 fully saturated rings. The number of unbranched alkanes of at least 4 members (excludes halogenated alkanes) is 15. The number of aliphatic carboxylic acids is 2. The van der Waals surface area contributed by atoms with E-state index in [4.69, 9.17) is 22.9 Å². The van der Waals surface area contributed by atoms with E-state index in [0.717, 1.165) is 64.2 Å². The lowest BCUT2D eigenvalue weighted by molar-refractivity contribution is -0.146. The second kappa shape index (κ2) is 21.6. The molecule has 8 nitrogen and oxygen atoms in total. The molecule has 8 heteroatoms. The van der Waals surface area contributed by atoms with Crippen molar-refractivity contribution in [2.75, 3.05) is 0 Å². The van der Waals surface area contributed by atoms with Gasteiger partial charge in [0.05, 0.1) is 0 Å². The van der Waals surface area contributed by atoms with Crippen molar-refractivity contribution < 1.29 is 19.8 Å². The van der Waals surface area contributed by atoms with Crippen LogP contribution in [0.2, 0.25) is 0 Å². The summed E-state index contributed by atoms with van der Waals surface area (Å²) < 4.78 is 0. The molecule has 0 heterocycles. The van der Waals surface area contributed by atoms with Gasteiger partial charge < -0.3 is 33.1 Å². The molecule has 0 aromatic heterocycles. The first-order chi connectivity index (χ1) is 18.0. The lowest BCUT2D eigenvalue weighted by atomic mass is 9.83. The Labute approximate surface area is 233 Å². The van der Waals surface area contributed by atoms with E-state index in [1.807, 2.05) is 0 Å². The molecule has 0 saturated carbocycles. The van der Waals surface area contributed by atoms with Crippen molar-refractivity contribution in [3.63, 3.8) is 0 Å². The molecule has 226 valence electrons. The van der Waals surface area contributed by atoms with E-state index in [-0.39, 0.29) is 11.8 Å². The van der Waals surface area contributed by atoms with Crippen LogP contribution in [0.15, 0.2) is 0 Å². The molecule has 0 aromatic carbocycles. The third-order valence-electron chi connectivity index (χ3n) is 8.26. The molecule has 0 rings (SSSR count). The van der Waals surface area contributed by atoms with Crippen LogP contribution >= 0.6 is 0 Å². The SMILES string of the molecule is CCCCCCCCCC(CCCCCCC(CCCCCCCCC)C(N)(N)C(=O)O)C(N)(N)C(=O)O. The number of hydrogen-bond donors (Lipinski definition) is 6. The fourth-order valence-electron chi connectivity index (χ4n) is 5.42. The van der Waals surface area contributed by atoms with Crippen molar-refractivity contribution in [3.05, 3.63) is 0 Å². The Morgan fingerprint density at radius 1 is 0.474 bits per heavy atom. The summed E-state index contributed by atoms with van der Waals surface area (Å²) in [6, 6.07) is 0. The predicted octanol–water partition coefficient (Wildman–Crippen LogP) is 6.24. The van der Waals surface area contributed by atoms with Crippen molar-refractivity contribution in [3.8, 4) is 0 Å². The average Bonchev–Trinajstić information content (AvgIpc) is 2.86. The smallest absolute Gasteiger partial charge is 0.338 e. The van der Waals surface area contributed by atoms with Crippen LogP contribution in [0, 0.1) is 11.8 Å². The molecule has 0 spiro atoms. The highest BCUT2D eigenvalue weighted by molar-refractivity contribution is 5.78. The largest absolute Gasteiger partial charge is 0.479 e. The van der Waals surface area contributed by atoms with Crippen molar-refractivity contribution in [2.45, 2.75) is 166 Å². The molecule has 0 radical (unpaired) electrons. The minimum atomic E-state index is -1.70. The van der Waals surface area contributed by atoms with Gasteiger partial charge in [-0.05, 0) is 25.7 Å². The normalized spacial score (nSPS) is 13.9. The summed E-state index contributed by atoms with van der Waals surface area (Å²) >= 11 is 0. The van der Waals surface area contributed by atoms with Gasteiger partial charge in [-0.25, -0.2) is 9.59 Å². The Bertz CT molecular complexity index is 561. The molecular weight excluding hydrogens is 480 g/mol. The van der Waals surface area contributed by atoms with E-state index < -0.39 is 23.3 Å². The summed E-state index contributed by atoms with van der Waals surface area (Å²) in [5.41, 5.74) is 20.7. The molecule has 2 unspecified atom stereocenters. The predicted molar refractivity (Wildman–Crippen MR) is 157 cm³/mol. The Balaban J connectivity index is 4.52. The maximum Gasteiger partial charge on any atom is 0.338 e. The van der Waals surface area contributed by atoms with E-state index in [2.05, 4.69) is 13.8 Å². The average molecular weight is 543 g/mol. The van der Waals surface area contributed by atoms with Crippen molar-refractivity contribution >= 4 is 11.9 Å². The molecule has 0 aliphatic carbocycles. The third-order valence-corrected chi connectivity index (χ3v) is 8.26. The second-order valence-electron chi connectivity index (χ2n) is 11.7. The monoisotopic (exact) mass is 542 g/mol. The van der Waals surface area contributed by atoms with Gasteiger partial charge in [0, 0.05) is 11.8 Å². The van der Waals surface area contributed by atoms with Crippen LogP contribution < -0.4 is 22.9 Å². The zero-order valence-corrected chi connectivity index (χ0v) is 24.7. The number of hydrogen-bond acceptors (Lipinski definition) is 6. The quantitative estimate of drug-likeness (QED) is 0.0521. The number of rotatable bonds is 27. The van der Waals surface area contributed by atoms with Crippen LogP contribution in [-0.4, -0.2) is 33.5 Å². The first-order valence-electron chi connectivity index (χ1n) is 15.6. The molecule has 0 saturated heterocycles. The molecule has 0 amide bonds. The van der Waals surface area contributed by atoms with Gasteiger partial charge in [-0.1, -0.05) is 129 Å². The zero-order valence-electron chi connectivity index (χ0n) is 24.7. The van der Waals surface area contributed by atoms with Crippen molar-refractivity contribution in [1.29, 1.82) is 0 Å². The Morgan fingerprint density at radius 2 is 0.684 bits per heavy atom. The molecule has 38 heavy (non-hydrogen) atoms. The van der Waals surface area contributed by atoms with Gasteiger partial charge in [-0.15, -0.1) is 0 Å². The third kappa shape index (κ3) is 16.0.